The highest BCUT2D eigenvalue weighted by Crippen LogP contribution is 2.37. The average molecular weight is 404 g/mol. The molecule has 9 heteroatoms. The number of carbonyl (C=O) groups is 1. The number of amides is 1. The van der Waals surface area contributed by atoms with Crippen LogP contribution in [0, 0.1) is 11.2 Å². The zero-order valence-corrected chi connectivity index (χ0v) is 16.0. The van der Waals surface area contributed by atoms with Gasteiger partial charge in [0.1, 0.15) is 0 Å². The van der Waals surface area contributed by atoms with Crippen molar-refractivity contribution in [1.82, 2.24) is 15.3 Å². The minimum absolute atomic E-state index is 0.00898. The molecule has 4 rings (SSSR count). The highest BCUT2D eigenvalue weighted by atomic mass is 32.2. The van der Waals surface area contributed by atoms with Crippen LogP contribution < -0.4 is 10.2 Å². The van der Waals surface area contributed by atoms with E-state index < -0.39 is 21.1 Å². The van der Waals surface area contributed by atoms with Crippen LogP contribution in [0.3, 0.4) is 0 Å². The zero-order chi connectivity index (χ0) is 19.8. The van der Waals surface area contributed by atoms with E-state index in [1.165, 1.54) is 0 Å². The lowest BCUT2D eigenvalue weighted by Crippen LogP contribution is -2.65. The second kappa shape index (κ2) is 7.12. The van der Waals surface area contributed by atoms with E-state index in [2.05, 4.69) is 15.3 Å². The maximum atomic E-state index is 13.1. The van der Waals surface area contributed by atoms with E-state index in [0.29, 0.717) is 31.9 Å². The van der Waals surface area contributed by atoms with Crippen molar-refractivity contribution in [2.45, 2.75) is 18.9 Å². The van der Waals surface area contributed by atoms with E-state index in [-0.39, 0.29) is 23.5 Å². The molecule has 0 saturated carbocycles. The SMILES string of the molecule is O=C(NC1CCS(=O)(=O)C1)C1(Cc2ccccc2)CN(c2ncc(F)cn2)C1. The molecule has 2 aromatic rings. The molecule has 1 amide bonds. The molecule has 1 atom stereocenters. The Hall–Kier alpha value is -2.55. The molecule has 148 valence electrons. The Labute approximate surface area is 162 Å². The summed E-state index contributed by atoms with van der Waals surface area (Å²) in [4.78, 5) is 22.9. The number of halogens is 1. The Morgan fingerprint density at radius 1 is 1.21 bits per heavy atom. The Balaban J connectivity index is 1.51. The molecule has 0 aliphatic carbocycles. The summed E-state index contributed by atoms with van der Waals surface area (Å²) in [6.45, 7) is 0.775. The number of hydrogen-bond donors (Lipinski definition) is 1. The van der Waals surface area contributed by atoms with Crippen molar-refractivity contribution in [1.29, 1.82) is 0 Å². The second-order valence-electron chi connectivity index (χ2n) is 7.57. The van der Waals surface area contributed by atoms with Gasteiger partial charge in [-0.05, 0) is 18.4 Å². The van der Waals surface area contributed by atoms with Crippen LogP contribution in [0.4, 0.5) is 10.3 Å². The number of carbonyl (C=O) groups excluding carboxylic acids is 1. The van der Waals surface area contributed by atoms with Gasteiger partial charge in [0.2, 0.25) is 11.9 Å². The summed E-state index contributed by atoms with van der Waals surface area (Å²) < 4.78 is 36.5. The third kappa shape index (κ3) is 3.84. The monoisotopic (exact) mass is 404 g/mol. The molecule has 0 radical (unpaired) electrons. The standard InChI is InChI=1S/C19H21FN4O3S/c20-15-9-21-18(22-10-15)24-12-19(13-24,8-14-4-2-1-3-5-14)17(25)23-16-6-7-28(26,27)11-16/h1-5,9-10,16H,6-8,11-13H2,(H,23,25). The predicted molar refractivity (Wildman–Crippen MR) is 102 cm³/mol. The van der Waals surface area contributed by atoms with Gasteiger partial charge in [-0.1, -0.05) is 30.3 Å². The van der Waals surface area contributed by atoms with Crippen LogP contribution >= 0.6 is 0 Å². The Morgan fingerprint density at radius 2 is 1.89 bits per heavy atom. The van der Waals surface area contributed by atoms with E-state index in [1.807, 2.05) is 35.2 Å². The van der Waals surface area contributed by atoms with Crippen molar-refractivity contribution >= 4 is 21.7 Å². The number of anilines is 1. The van der Waals surface area contributed by atoms with E-state index in [1.54, 1.807) is 0 Å². The summed E-state index contributed by atoms with van der Waals surface area (Å²) >= 11 is 0. The number of hydrogen-bond acceptors (Lipinski definition) is 6. The van der Waals surface area contributed by atoms with E-state index in [0.717, 1.165) is 18.0 Å². The number of nitrogens with zero attached hydrogens (tertiary/aromatic N) is 3. The number of nitrogens with one attached hydrogen (secondary N) is 1. The normalized spacial score (nSPS) is 22.5. The number of rotatable bonds is 5. The first-order chi connectivity index (χ1) is 13.4. The van der Waals surface area contributed by atoms with Crippen molar-refractivity contribution in [3.05, 3.63) is 54.1 Å². The third-order valence-electron chi connectivity index (χ3n) is 5.31. The molecule has 1 aromatic heterocycles. The minimum Gasteiger partial charge on any atom is -0.352 e. The summed E-state index contributed by atoms with van der Waals surface area (Å²) in [6, 6.07) is 9.34. The largest absolute Gasteiger partial charge is 0.352 e. The molecule has 1 N–H and O–H groups in total. The molecule has 2 aliphatic heterocycles. The molecule has 3 heterocycles. The first kappa shape index (κ1) is 18.8. The fraction of sp³-hybridized carbons (Fsp3) is 0.421. The van der Waals surface area contributed by atoms with Crippen LogP contribution in [0.2, 0.25) is 0 Å². The molecule has 2 fully saturated rings. The van der Waals surface area contributed by atoms with Crippen LogP contribution in [-0.4, -0.2) is 54.9 Å². The van der Waals surface area contributed by atoms with Gasteiger partial charge >= 0.3 is 0 Å². The first-order valence-corrected chi connectivity index (χ1v) is 11.0. The van der Waals surface area contributed by atoms with Gasteiger partial charge in [0.05, 0.1) is 29.3 Å². The molecule has 0 spiro atoms. The van der Waals surface area contributed by atoms with E-state index in [4.69, 9.17) is 0 Å². The average Bonchev–Trinajstić information content (AvgIpc) is 2.98. The van der Waals surface area contributed by atoms with Crippen LogP contribution in [0.25, 0.3) is 0 Å². The van der Waals surface area contributed by atoms with Crippen LogP contribution in [0.15, 0.2) is 42.7 Å². The third-order valence-corrected chi connectivity index (χ3v) is 7.08. The summed E-state index contributed by atoms with van der Waals surface area (Å²) in [5.41, 5.74) is 0.321. The summed E-state index contributed by atoms with van der Waals surface area (Å²) in [7, 11) is -3.07. The molecule has 2 aliphatic rings. The van der Waals surface area contributed by atoms with Crippen molar-refractivity contribution in [3.63, 3.8) is 0 Å². The van der Waals surface area contributed by atoms with Crippen molar-refractivity contribution < 1.29 is 17.6 Å². The molecular weight excluding hydrogens is 383 g/mol. The molecule has 28 heavy (non-hydrogen) atoms. The first-order valence-electron chi connectivity index (χ1n) is 9.13. The Morgan fingerprint density at radius 3 is 2.50 bits per heavy atom. The van der Waals surface area contributed by atoms with Gasteiger partial charge < -0.3 is 10.2 Å². The minimum atomic E-state index is -3.07. The van der Waals surface area contributed by atoms with Gasteiger partial charge in [-0.2, -0.15) is 0 Å². The fourth-order valence-corrected chi connectivity index (χ4v) is 5.54. The number of aromatic nitrogens is 2. The van der Waals surface area contributed by atoms with Crippen LogP contribution in [-0.2, 0) is 21.1 Å². The lowest BCUT2D eigenvalue weighted by atomic mass is 9.73. The maximum Gasteiger partial charge on any atom is 0.230 e. The maximum absolute atomic E-state index is 13.1. The summed E-state index contributed by atoms with van der Waals surface area (Å²) in [5.74, 6) is -0.192. The molecule has 7 nitrogen and oxygen atoms in total. The lowest BCUT2D eigenvalue weighted by Gasteiger charge is -2.49. The molecular formula is C19H21FN4O3S. The molecule has 1 unspecified atom stereocenters. The second-order valence-corrected chi connectivity index (χ2v) is 9.80. The smallest absolute Gasteiger partial charge is 0.230 e. The Kier molecular flexibility index (Phi) is 4.78. The highest BCUT2D eigenvalue weighted by Gasteiger charge is 2.51. The quantitative estimate of drug-likeness (QED) is 0.798. The van der Waals surface area contributed by atoms with Crippen LogP contribution in [0.5, 0.6) is 0 Å². The number of benzene rings is 1. The number of sulfone groups is 1. The van der Waals surface area contributed by atoms with E-state index >= 15 is 0 Å². The summed E-state index contributed by atoms with van der Waals surface area (Å²) in [5, 5.41) is 2.93. The van der Waals surface area contributed by atoms with Gasteiger partial charge in [-0.15, -0.1) is 0 Å². The van der Waals surface area contributed by atoms with Crippen molar-refractivity contribution in [2.75, 3.05) is 29.5 Å². The molecule has 2 saturated heterocycles. The van der Waals surface area contributed by atoms with Gasteiger partial charge in [-0.25, -0.2) is 22.8 Å². The van der Waals surface area contributed by atoms with E-state index in [9.17, 15) is 17.6 Å². The Bertz CT molecular complexity index is 960. The van der Waals surface area contributed by atoms with Gasteiger partial charge in [0.15, 0.2) is 15.7 Å². The zero-order valence-electron chi connectivity index (χ0n) is 15.2. The van der Waals surface area contributed by atoms with Gasteiger partial charge in [0, 0.05) is 19.1 Å². The highest BCUT2D eigenvalue weighted by molar-refractivity contribution is 7.91. The topological polar surface area (TPSA) is 92.3 Å². The van der Waals surface area contributed by atoms with Crippen LogP contribution in [0.1, 0.15) is 12.0 Å². The molecule has 1 aromatic carbocycles. The summed E-state index contributed by atoms with van der Waals surface area (Å²) in [6.07, 6.45) is 3.17. The van der Waals surface area contributed by atoms with Crippen molar-refractivity contribution in [2.24, 2.45) is 5.41 Å². The van der Waals surface area contributed by atoms with Crippen molar-refractivity contribution in [3.8, 4) is 0 Å². The molecule has 0 bridgehead atoms. The fourth-order valence-electron chi connectivity index (χ4n) is 3.86. The van der Waals surface area contributed by atoms with Gasteiger partial charge in [-0.3, -0.25) is 4.79 Å². The predicted octanol–water partition coefficient (Wildman–Crippen LogP) is 0.968. The van der Waals surface area contributed by atoms with Gasteiger partial charge in [0.25, 0.3) is 0 Å². The lowest BCUT2D eigenvalue weighted by molar-refractivity contribution is -0.133.